The van der Waals surface area contributed by atoms with Crippen molar-refractivity contribution in [2.24, 2.45) is 0 Å². The van der Waals surface area contributed by atoms with Crippen LogP contribution in [0.3, 0.4) is 0 Å². The summed E-state index contributed by atoms with van der Waals surface area (Å²) < 4.78 is 0. The molecule has 0 aromatic heterocycles. The monoisotopic (exact) mass is 307 g/mol. The summed E-state index contributed by atoms with van der Waals surface area (Å²) in [4.78, 5) is 2.58. The third kappa shape index (κ3) is 2.93. The van der Waals surface area contributed by atoms with E-state index in [2.05, 4.69) is 35.2 Å². The van der Waals surface area contributed by atoms with Crippen molar-refractivity contribution < 1.29 is 5.11 Å². The summed E-state index contributed by atoms with van der Waals surface area (Å²) in [5.74, 6) is 0. The van der Waals surface area contributed by atoms with Crippen LogP contribution in [0.5, 0.6) is 0 Å². The van der Waals surface area contributed by atoms with Crippen LogP contribution < -0.4 is 0 Å². The van der Waals surface area contributed by atoms with Crippen molar-refractivity contribution >= 4 is 0 Å². The first kappa shape index (κ1) is 14.9. The predicted octanol–water partition coefficient (Wildman–Crippen LogP) is 4.48. The van der Waals surface area contributed by atoms with Gasteiger partial charge in [-0.2, -0.15) is 0 Å². The van der Waals surface area contributed by atoms with Crippen LogP contribution in [-0.4, -0.2) is 22.1 Å². The van der Waals surface area contributed by atoms with Crippen LogP contribution in [0.1, 0.15) is 55.4 Å². The SMILES string of the molecule is O[C@@H](c1ccccc1)[C@H]1[C@H](c2ccccc2)N1C1CCCCC1. The summed E-state index contributed by atoms with van der Waals surface area (Å²) in [7, 11) is 0. The van der Waals surface area contributed by atoms with Gasteiger partial charge in [-0.1, -0.05) is 79.9 Å². The molecule has 0 spiro atoms. The van der Waals surface area contributed by atoms with Crippen molar-refractivity contribution in [3.63, 3.8) is 0 Å². The van der Waals surface area contributed by atoms with Gasteiger partial charge in [0.15, 0.2) is 0 Å². The first-order valence-electron chi connectivity index (χ1n) is 8.91. The summed E-state index contributed by atoms with van der Waals surface area (Å²) in [5.41, 5.74) is 2.38. The second-order valence-electron chi connectivity index (χ2n) is 6.94. The molecule has 120 valence electrons. The number of rotatable bonds is 4. The molecule has 2 nitrogen and oxygen atoms in total. The highest BCUT2D eigenvalue weighted by Crippen LogP contribution is 2.52. The summed E-state index contributed by atoms with van der Waals surface area (Å²) >= 11 is 0. The van der Waals surface area contributed by atoms with Crippen molar-refractivity contribution in [1.82, 2.24) is 4.90 Å². The number of aliphatic hydroxyl groups excluding tert-OH is 1. The van der Waals surface area contributed by atoms with Gasteiger partial charge >= 0.3 is 0 Å². The Hall–Kier alpha value is -1.64. The maximum Gasteiger partial charge on any atom is 0.0964 e. The molecule has 0 amide bonds. The highest BCUT2D eigenvalue weighted by Gasteiger charge is 2.55. The highest BCUT2D eigenvalue weighted by molar-refractivity contribution is 5.32. The number of hydrogen-bond donors (Lipinski definition) is 1. The van der Waals surface area contributed by atoms with Crippen molar-refractivity contribution in [3.8, 4) is 0 Å². The molecular weight excluding hydrogens is 282 g/mol. The summed E-state index contributed by atoms with van der Waals surface area (Å²) in [6.07, 6.45) is 6.19. The minimum absolute atomic E-state index is 0.225. The van der Waals surface area contributed by atoms with E-state index in [0.717, 1.165) is 5.56 Å². The van der Waals surface area contributed by atoms with E-state index in [1.54, 1.807) is 0 Å². The van der Waals surface area contributed by atoms with E-state index in [-0.39, 0.29) is 6.04 Å². The number of hydrogen-bond acceptors (Lipinski definition) is 2. The zero-order valence-corrected chi connectivity index (χ0v) is 13.5. The van der Waals surface area contributed by atoms with Crippen molar-refractivity contribution in [1.29, 1.82) is 0 Å². The first-order chi connectivity index (χ1) is 11.4. The Balaban J connectivity index is 1.60. The molecule has 4 atom stereocenters. The van der Waals surface area contributed by atoms with Gasteiger partial charge in [0.25, 0.3) is 0 Å². The van der Waals surface area contributed by atoms with E-state index in [4.69, 9.17) is 0 Å². The van der Waals surface area contributed by atoms with Crippen LogP contribution in [0.25, 0.3) is 0 Å². The smallest absolute Gasteiger partial charge is 0.0964 e. The topological polar surface area (TPSA) is 23.2 Å². The molecule has 1 saturated heterocycles. The van der Waals surface area contributed by atoms with Gasteiger partial charge in [-0.3, -0.25) is 4.90 Å². The van der Waals surface area contributed by atoms with Crippen LogP contribution in [0.2, 0.25) is 0 Å². The average Bonchev–Trinajstić information content (AvgIpc) is 3.39. The zero-order chi connectivity index (χ0) is 15.6. The quantitative estimate of drug-likeness (QED) is 0.842. The third-order valence-corrected chi connectivity index (χ3v) is 5.50. The molecule has 1 aliphatic heterocycles. The predicted molar refractivity (Wildman–Crippen MR) is 93.1 cm³/mol. The summed E-state index contributed by atoms with van der Waals surface area (Å²) in [5, 5.41) is 11.0. The molecule has 2 aromatic carbocycles. The van der Waals surface area contributed by atoms with Gasteiger partial charge in [-0.05, 0) is 24.0 Å². The molecule has 1 heterocycles. The molecule has 0 bridgehead atoms. The lowest BCUT2D eigenvalue weighted by atomic mass is 9.95. The molecule has 2 aromatic rings. The Morgan fingerprint density at radius 3 is 2.09 bits per heavy atom. The summed E-state index contributed by atoms with van der Waals surface area (Å²) in [6.45, 7) is 0. The molecule has 1 N–H and O–H groups in total. The second kappa shape index (κ2) is 6.46. The lowest BCUT2D eigenvalue weighted by Crippen LogP contribution is -2.25. The fourth-order valence-electron chi connectivity index (χ4n) is 4.32. The second-order valence-corrected chi connectivity index (χ2v) is 6.94. The lowest BCUT2D eigenvalue weighted by Gasteiger charge is -2.25. The Kier molecular flexibility index (Phi) is 4.19. The largest absolute Gasteiger partial charge is 0.387 e. The maximum atomic E-state index is 11.0. The van der Waals surface area contributed by atoms with Gasteiger partial charge in [0, 0.05) is 6.04 Å². The van der Waals surface area contributed by atoms with Crippen LogP contribution in [0.15, 0.2) is 60.7 Å². The Bertz CT molecular complexity index is 621. The summed E-state index contributed by atoms with van der Waals surface area (Å²) in [6, 6.07) is 22.1. The fourth-order valence-corrected chi connectivity index (χ4v) is 4.32. The van der Waals surface area contributed by atoms with Crippen LogP contribution in [0.4, 0.5) is 0 Å². The number of benzene rings is 2. The van der Waals surface area contributed by atoms with Gasteiger partial charge in [-0.25, -0.2) is 0 Å². The van der Waals surface area contributed by atoms with Crippen LogP contribution >= 0.6 is 0 Å². The zero-order valence-electron chi connectivity index (χ0n) is 13.5. The molecule has 0 radical (unpaired) electrons. The molecule has 1 unspecified atom stereocenters. The molecule has 2 aliphatic rings. The van der Waals surface area contributed by atoms with Crippen molar-refractivity contribution in [2.75, 3.05) is 0 Å². The molecule has 4 rings (SSSR count). The van der Waals surface area contributed by atoms with E-state index in [1.807, 2.05) is 30.3 Å². The minimum atomic E-state index is -0.400. The van der Waals surface area contributed by atoms with E-state index in [1.165, 1.54) is 37.7 Å². The standard InChI is InChI=1S/C21H25NO/c23-21(17-12-6-2-7-13-17)20-19(16-10-4-1-5-11-16)22(20)18-14-8-3-9-15-18/h1-2,4-7,10-13,18-21,23H,3,8-9,14-15H2/t19-,20+,21-,22?/m0/s1. The lowest BCUT2D eigenvalue weighted by molar-refractivity contribution is 0.142. The van der Waals surface area contributed by atoms with Gasteiger partial charge in [0.2, 0.25) is 0 Å². The van der Waals surface area contributed by atoms with Crippen LogP contribution in [-0.2, 0) is 0 Å². The molecule has 23 heavy (non-hydrogen) atoms. The highest BCUT2D eigenvalue weighted by atomic mass is 16.3. The molecule has 1 saturated carbocycles. The van der Waals surface area contributed by atoms with Gasteiger partial charge < -0.3 is 5.11 Å². The first-order valence-corrected chi connectivity index (χ1v) is 8.91. The molecule has 2 heteroatoms. The number of aliphatic hydroxyl groups is 1. The Morgan fingerprint density at radius 2 is 1.43 bits per heavy atom. The van der Waals surface area contributed by atoms with Gasteiger partial charge in [0.05, 0.1) is 18.2 Å². The van der Waals surface area contributed by atoms with E-state index < -0.39 is 6.10 Å². The van der Waals surface area contributed by atoms with Crippen LogP contribution in [0, 0.1) is 0 Å². The van der Waals surface area contributed by atoms with Gasteiger partial charge in [0.1, 0.15) is 0 Å². The fraction of sp³-hybridized carbons (Fsp3) is 0.429. The maximum absolute atomic E-state index is 11.0. The third-order valence-electron chi connectivity index (χ3n) is 5.50. The van der Waals surface area contributed by atoms with Crippen molar-refractivity contribution in [2.45, 2.75) is 56.3 Å². The minimum Gasteiger partial charge on any atom is -0.387 e. The molecule has 2 fully saturated rings. The van der Waals surface area contributed by atoms with Gasteiger partial charge in [-0.15, -0.1) is 0 Å². The molecule has 1 aliphatic carbocycles. The van der Waals surface area contributed by atoms with Crippen molar-refractivity contribution in [3.05, 3.63) is 71.8 Å². The Morgan fingerprint density at radius 1 is 0.826 bits per heavy atom. The average molecular weight is 307 g/mol. The van der Waals surface area contributed by atoms with E-state index in [9.17, 15) is 5.11 Å². The normalized spacial score (nSPS) is 29.2. The number of nitrogens with zero attached hydrogens (tertiary/aromatic N) is 1. The molecular formula is C21H25NO. The van der Waals surface area contributed by atoms with E-state index >= 15 is 0 Å². The Labute approximate surface area is 138 Å². The van der Waals surface area contributed by atoms with E-state index in [0.29, 0.717) is 12.1 Å².